The smallest absolute Gasteiger partial charge is 0.251 e. The van der Waals surface area contributed by atoms with Crippen molar-refractivity contribution in [2.24, 2.45) is 5.92 Å². The quantitative estimate of drug-likeness (QED) is 0.898. The summed E-state index contributed by atoms with van der Waals surface area (Å²) < 4.78 is 0. The minimum absolute atomic E-state index is 0.0310. The number of rotatable bonds is 3. The highest BCUT2D eigenvalue weighted by molar-refractivity contribution is 5.94. The highest BCUT2D eigenvalue weighted by Crippen LogP contribution is 2.24. The van der Waals surface area contributed by atoms with E-state index in [0.29, 0.717) is 12.5 Å². The van der Waals surface area contributed by atoms with Crippen molar-refractivity contribution in [3.63, 3.8) is 0 Å². The Bertz CT molecular complexity index is 512. The first-order valence-electron chi connectivity index (χ1n) is 8.30. The van der Waals surface area contributed by atoms with Crippen molar-refractivity contribution in [2.75, 3.05) is 6.54 Å². The Morgan fingerprint density at radius 3 is 2.76 bits per heavy atom. The van der Waals surface area contributed by atoms with Gasteiger partial charge in [-0.15, -0.1) is 0 Å². The standard InChI is InChI=1S/C18H25NO2/c20-17-7-3-4-13(10-17)12-19-18(21)16-9-8-14-5-1-2-6-15(14)11-16/h8-9,11,13,17,20H,1-7,10,12H2,(H,19,21). The Hall–Kier alpha value is -1.35. The summed E-state index contributed by atoms with van der Waals surface area (Å²) in [6, 6.07) is 6.14. The van der Waals surface area contributed by atoms with Crippen molar-refractivity contribution >= 4 is 5.91 Å². The van der Waals surface area contributed by atoms with Crippen molar-refractivity contribution in [3.8, 4) is 0 Å². The van der Waals surface area contributed by atoms with Gasteiger partial charge in [0.05, 0.1) is 6.10 Å². The molecule has 2 N–H and O–H groups in total. The van der Waals surface area contributed by atoms with Crippen molar-refractivity contribution < 1.29 is 9.90 Å². The molecule has 1 aromatic carbocycles. The zero-order chi connectivity index (χ0) is 14.7. The summed E-state index contributed by atoms with van der Waals surface area (Å²) in [4.78, 5) is 12.3. The molecule has 2 atom stereocenters. The molecule has 1 saturated carbocycles. The van der Waals surface area contributed by atoms with E-state index in [2.05, 4.69) is 17.4 Å². The van der Waals surface area contributed by atoms with Crippen molar-refractivity contribution in [1.29, 1.82) is 0 Å². The van der Waals surface area contributed by atoms with Crippen molar-refractivity contribution in [2.45, 2.75) is 57.5 Å². The van der Waals surface area contributed by atoms with Gasteiger partial charge in [-0.05, 0) is 74.1 Å². The summed E-state index contributed by atoms with van der Waals surface area (Å²) in [5.74, 6) is 0.457. The summed E-state index contributed by atoms with van der Waals surface area (Å²) in [5.41, 5.74) is 3.54. The third-order valence-corrected chi connectivity index (χ3v) is 4.92. The normalized spacial score (nSPS) is 25.2. The molecular formula is C18H25NO2. The Morgan fingerprint density at radius 2 is 1.95 bits per heavy atom. The summed E-state index contributed by atoms with van der Waals surface area (Å²) >= 11 is 0. The van der Waals surface area contributed by atoms with Crippen LogP contribution in [-0.2, 0) is 12.8 Å². The van der Waals surface area contributed by atoms with Gasteiger partial charge in [0.1, 0.15) is 0 Å². The molecule has 0 heterocycles. The van der Waals surface area contributed by atoms with Crippen LogP contribution in [-0.4, -0.2) is 23.7 Å². The van der Waals surface area contributed by atoms with Gasteiger partial charge in [0.2, 0.25) is 0 Å². The maximum Gasteiger partial charge on any atom is 0.251 e. The molecule has 0 radical (unpaired) electrons. The van der Waals surface area contributed by atoms with E-state index in [1.807, 2.05) is 6.07 Å². The van der Waals surface area contributed by atoms with Gasteiger partial charge in [-0.3, -0.25) is 4.79 Å². The van der Waals surface area contributed by atoms with Gasteiger partial charge < -0.3 is 10.4 Å². The SMILES string of the molecule is O=C(NCC1CCCC(O)C1)c1ccc2c(c1)CCCC2. The third-order valence-electron chi connectivity index (χ3n) is 4.92. The van der Waals surface area contributed by atoms with E-state index >= 15 is 0 Å². The number of hydrogen-bond acceptors (Lipinski definition) is 2. The molecule has 0 saturated heterocycles. The van der Waals surface area contributed by atoms with Crippen LogP contribution in [0.5, 0.6) is 0 Å². The molecule has 0 aromatic heterocycles. The highest BCUT2D eigenvalue weighted by atomic mass is 16.3. The van der Waals surface area contributed by atoms with Crippen LogP contribution in [0.4, 0.5) is 0 Å². The van der Waals surface area contributed by atoms with E-state index < -0.39 is 0 Å². The molecule has 1 amide bonds. The molecule has 0 spiro atoms. The second kappa shape index (κ2) is 6.61. The molecule has 114 valence electrons. The topological polar surface area (TPSA) is 49.3 Å². The van der Waals surface area contributed by atoms with E-state index in [1.54, 1.807) is 0 Å². The maximum absolute atomic E-state index is 12.3. The lowest BCUT2D eigenvalue weighted by molar-refractivity contribution is 0.0873. The van der Waals surface area contributed by atoms with Gasteiger partial charge in [-0.25, -0.2) is 0 Å². The first-order valence-corrected chi connectivity index (χ1v) is 8.30. The largest absolute Gasteiger partial charge is 0.393 e. The number of amides is 1. The lowest BCUT2D eigenvalue weighted by Gasteiger charge is -2.26. The first-order chi connectivity index (χ1) is 10.2. The Kier molecular flexibility index (Phi) is 4.59. The number of hydrogen-bond donors (Lipinski definition) is 2. The molecule has 2 aliphatic rings. The molecule has 1 aromatic rings. The van der Waals surface area contributed by atoms with E-state index in [-0.39, 0.29) is 12.0 Å². The van der Waals surface area contributed by atoms with Crippen molar-refractivity contribution in [1.82, 2.24) is 5.32 Å². The van der Waals surface area contributed by atoms with Gasteiger partial charge >= 0.3 is 0 Å². The molecule has 1 fully saturated rings. The number of aliphatic hydroxyl groups excluding tert-OH is 1. The second-order valence-corrected chi connectivity index (χ2v) is 6.59. The maximum atomic E-state index is 12.3. The number of carbonyl (C=O) groups excluding carboxylic acids is 1. The summed E-state index contributed by atoms with van der Waals surface area (Å²) in [5, 5.41) is 12.7. The number of benzene rings is 1. The molecule has 21 heavy (non-hydrogen) atoms. The fourth-order valence-electron chi connectivity index (χ4n) is 3.66. The predicted molar refractivity (Wildman–Crippen MR) is 83.4 cm³/mol. The number of fused-ring (bicyclic) bond motifs is 1. The third kappa shape index (κ3) is 3.65. The van der Waals surface area contributed by atoms with Crippen LogP contribution >= 0.6 is 0 Å². The lowest BCUT2D eigenvalue weighted by atomic mass is 9.87. The average molecular weight is 287 g/mol. The molecule has 0 aliphatic heterocycles. The summed E-state index contributed by atoms with van der Waals surface area (Å²) in [7, 11) is 0. The van der Waals surface area contributed by atoms with E-state index in [4.69, 9.17) is 0 Å². The van der Waals surface area contributed by atoms with Gasteiger partial charge in [-0.1, -0.05) is 12.5 Å². The fraction of sp³-hybridized carbons (Fsp3) is 0.611. The Morgan fingerprint density at radius 1 is 1.14 bits per heavy atom. The van der Waals surface area contributed by atoms with Gasteiger partial charge in [-0.2, -0.15) is 0 Å². The van der Waals surface area contributed by atoms with Crippen molar-refractivity contribution in [3.05, 3.63) is 34.9 Å². The fourth-order valence-corrected chi connectivity index (χ4v) is 3.66. The Labute approximate surface area is 126 Å². The van der Waals surface area contributed by atoms with E-state index in [0.717, 1.165) is 44.1 Å². The minimum atomic E-state index is -0.176. The van der Waals surface area contributed by atoms with Crippen LogP contribution < -0.4 is 5.32 Å². The van der Waals surface area contributed by atoms with Gasteiger partial charge in [0.15, 0.2) is 0 Å². The van der Waals surface area contributed by atoms with Gasteiger partial charge in [0.25, 0.3) is 5.91 Å². The van der Waals surface area contributed by atoms with Crippen LogP contribution in [0.2, 0.25) is 0 Å². The van der Waals surface area contributed by atoms with Crippen LogP contribution in [0.25, 0.3) is 0 Å². The molecule has 3 rings (SSSR count). The monoisotopic (exact) mass is 287 g/mol. The Balaban J connectivity index is 1.57. The van der Waals surface area contributed by atoms with Crippen LogP contribution in [0.15, 0.2) is 18.2 Å². The average Bonchev–Trinajstić information content (AvgIpc) is 2.52. The van der Waals surface area contributed by atoms with Crippen LogP contribution in [0.3, 0.4) is 0 Å². The van der Waals surface area contributed by atoms with E-state index in [1.165, 1.54) is 24.0 Å². The number of aliphatic hydroxyl groups is 1. The van der Waals surface area contributed by atoms with Crippen LogP contribution in [0.1, 0.15) is 60.0 Å². The minimum Gasteiger partial charge on any atom is -0.393 e. The number of nitrogens with one attached hydrogen (secondary N) is 1. The van der Waals surface area contributed by atoms with Gasteiger partial charge in [0, 0.05) is 12.1 Å². The molecule has 3 heteroatoms. The number of aryl methyl sites for hydroxylation is 2. The van der Waals surface area contributed by atoms with E-state index in [9.17, 15) is 9.90 Å². The second-order valence-electron chi connectivity index (χ2n) is 6.59. The predicted octanol–water partition coefficient (Wildman–Crippen LogP) is 2.85. The number of carbonyl (C=O) groups is 1. The zero-order valence-corrected chi connectivity index (χ0v) is 12.6. The highest BCUT2D eigenvalue weighted by Gasteiger charge is 2.21. The molecule has 2 aliphatic carbocycles. The molecule has 0 bridgehead atoms. The first kappa shape index (κ1) is 14.6. The van der Waals surface area contributed by atoms with Crippen LogP contribution in [0, 0.1) is 5.92 Å². The summed E-state index contributed by atoms with van der Waals surface area (Å²) in [6.45, 7) is 0.687. The zero-order valence-electron chi connectivity index (χ0n) is 12.6. The lowest BCUT2D eigenvalue weighted by Crippen LogP contribution is -2.33. The summed E-state index contributed by atoms with van der Waals surface area (Å²) in [6.07, 6.45) is 8.50. The molecule has 3 nitrogen and oxygen atoms in total. The molecule has 2 unspecified atom stereocenters. The molecular weight excluding hydrogens is 262 g/mol.